The van der Waals surface area contributed by atoms with Crippen molar-refractivity contribution < 1.29 is 46.2 Å². The van der Waals surface area contributed by atoms with E-state index >= 15 is 0 Å². The van der Waals surface area contributed by atoms with Crippen molar-refractivity contribution in [3.05, 3.63) is 83.3 Å². The van der Waals surface area contributed by atoms with Crippen LogP contribution in [0.4, 0.5) is 19.0 Å². The Labute approximate surface area is 283 Å². The van der Waals surface area contributed by atoms with Gasteiger partial charge in [-0.1, -0.05) is 29.8 Å². The number of ether oxygens (including phenoxy) is 2. The molecule has 2 aromatic carbocycles. The highest BCUT2D eigenvalue weighted by Gasteiger charge is 2.57. The summed E-state index contributed by atoms with van der Waals surface area (Å²) < 4.78 is 79.5. The maximum atomic E-state index is 14.3. The normalized spacial score (nSPS) is 22.9. The first-order valence-electron chi connectivity index (χ1n) is 15.1. The summed E-state index contributed by atoms with van der Waals surface area (Å²) in [4.78, 5) is 21.8. The van der Waals surface area contributed by atoms with Gasteiger partial charge in [0, 0.05) is 30.3 Å². The fraction of sp³-hybridized carbons (Fsp3) is 0.387. The number of hydrogen-bond donors (Lipinski definition) is 3. The van der Waals surface area contributed by atoms with Crippen LogP contribution < -0.4 is 20.5 Å². The van der Waals surface area contributed by atoms with Crippen LogP contribution >= 0.6 is 19.3 Å². The molecule has 3 heterocycles. The van der Waals surface area contributed by atoms with E-state index in [1.807, 2.05) is 0 Å². The molecule has 0 spiro atoms. The molecule has 4 N–H and O–H groups in total. The highest BCUT2D eigenvalue weighted by molar-refractivity contribution is 7.52. The highest BCUT2D eigenvalue weighted by atomic mass is 35.5. The van der Waals surface area contributed by atoms with Crippen molar-refractivity contribution in [1.82, 2.24) is 19.6 Å². The van der Waals surface area contributed by atoms with E-state index in [1.165, 1.54) is 53.8 Å². The quantitative estimate of drug-likeness (QED) is 0.0727. The number of aliphatic hydroxyl groups is 1. The molecule has 1 aliphatic carbocycles. The molecule has 262 valence electrons. The van der Waals surface area contributed by atoms with Crippen LogP contribution in [0.2, 0.25) is 5.02 Å². The molecule has 0 amide bonds. The Morgan fingerprint density at radius 3 is 2.59 bits per heavy atom. The van der Waals surface area contributed by atoms with Crippen LogP contribution in [-0.4, -0.2) is 56.5 Å². The summed E-state index contributed by atoms with van der Waals surface area (Å²) in [5.74, 6) is 5.55. The number of nitrogens with zero attached hydrogens (tertiary/aromatic N) is 4. The SMILES string of the molecule is CN(N)c1ncnc2c1ccn2C1OC(COP(=O)(NC2(C(=O)OCc3ccccc3C(F)(F)F)CC2)Oc2ccc(Cl)cc2)C[C@@]1(C)O. The average Bonchev–Trinajstić information content (AvgIpc) is 3.58. The third-order valence-electron chi connectivity index (χ3n) is 8.21. The first kappa shape index (κ1) is 35.1. The second-order valence-electron chi connectivity index (χ2n) is 12.2. The number of rotatable bonds is 12. The maximum absolute atomic E-state index is 14.3. The third-order valence-corrected chi connectivity index (χ3v) is 10.1. The first-order chi connectivity index (χ1) is 23.1. The van der Waals surface area contributed by atoms with Crippen molar-refractivity contribution in [2.24, 2.45) is 5.84 Å². The maximum Gasteiger partial charge on any atom is 0.459 e. The molecule has 4 aromatic rings. The predicted molar refractivity (Wildman–Crippen MR) is 171 cm³/mol. The zero-order valence-electron chi connectivity index (χ0n) is 26.3. The van der Waals surface area contributed by atoms with Crippen LogP contribution in [0, 0.1) is 0 Å². The second kappa shape index (κ2) is 13.2. The van der Waals surface area contributed by atoms with Gasteiger partial charge in [0.05, 0.1) is 23.7 Å². The summed E-state index contributed by atoms with van der Waals surface area (Å²) in [6, 6.07) is 12.4. The van der Waals surface area contributed by atoms with Crippen LogP contribution in [0.1, 0.15) is 43.5 Å². The molecule has 18 heteroatoms. The summed E-state index contributed by atoms with van der Waals surface area (Å²) >= 11 is 5.99. The number of carbonyl (C=O) groups excluding carboxylic acids is 1. The van der Waals surface area contributed by atoms with Gasteiger partial charge in [0.2, 0.25) is 0 Å². The molecule has 1 aliphatic heterocycles. The molecule has 13 nitrogen and oxygen atoms in total. The molecule has 0 radical (unpaired) electrons. The Morgan fingerprint density at radius 1 is 1.20 bits per heavy atom. The van der Waals surface area contributed by atoms with E-state index in [0.717, 1.165) is 6.07 Å². The van der Waals surface area contributed by atoms with E-state index in [1.54, 1.807) is 30.8 Å². The van der Waals surface area contributed by atoms with Crippen LogP contribution in [0.3, 0.4) is 0 Å². The van der Waals surface area contributed by atoms with Crippen LogP contribution in [-0.2, 0) is 36.1 Å². The molecule has 1 saturated carbocycles. The lowest BCUT2D eigenvalue weighted by atomic mass is 10.0. The van der Waals surface area contributed by atoms with Crippen molar-refractivity contribution in [3.63, 3.8) is 0 Å². The van der Waals surface area contributed by atoms with Crippen LogP contribution in [0.5, 0.6) is 5.75 Å². The number of nitrogens with two attached hydrogens (primary N) is 1. The minimum absolute atomic E-state index is 0.0544. The van der Waals surface area contributed by atoms with Gasteiger partial charge in [-0.3, -0.25) is 14.3 Å². The molecule has 6 rings (SSSR count). The lowest BCUT2D eigenvalue weighted by Crippen LogP contribution is -2.40. The van der Waals surface area contributed by atoms with Crippen LogP contribution in [0.15, 0.2) is 67.1 Å². The van der Waals surface area contributed by atoms with Gasteiger partial charge in [0.1, 0.15) is 35.5 Å². The van der Waals surface area contributed by atoms with E-state index in [0.29, 0.717) is 21.9 Å². The van der Waals surface area contributed by atoms with Gasteiger partial charge in [-0.2, -0.15) is 18.3 Å². The number of anilines is 1. The molecule has 3 unspecified atom stereocenters. The van der Waals surface area contributed by atoms with E-state index in [9.17, 15) is 27.6 Å². The number of nitrogens with one attached hydrogen (secondary N) is 1. The minimum atomic E-state index is -4.65. The summed E-state index contributed by atoms with van der Waals surface area (Å²) in [6.07, 6.45) is -3.00. The number of esters is 1. The number of halogens is 4. The molecule has 2 aromatic heterocycles. The molecule has 0 bridgehead atoms. The number of hydrazine groups is 1. The molecule has 4 atom stereocenters. The van der Waals surface area contributed by atoms with Crippen LogP contribution in [0.25, 0.3) is 11.0 Å². The number of carbonyl (C=O) groups is 1. The summed E-state index contributed by atoms with van der Waals surface area (Å²) in [7, 11) is -2.78. The minimum Gasteiger partial charge on any atom is -0.459 e. The Morgan fingerprint density at radius 2 is 1.92 bits per heavy atom. The predicted octanol–water partition coefficient (Wildman–Crippen LogP) is 5.52. The monoisotopic (exact) mass is 724 g/mol. The van der Waals surface area contributed by atoms with Gasteiger partial charge in [-0.05, 0) is 56.2 Å². The Balaban J connectivity index is 1.18. The van der Waals surface area contributed by atoms with E-state index < -0.39 is 55.5 Å². The van der Waals surface area contributed by atoms with Crippen molar-refractivity contribution in [1.29, 1.82) is 0 Å². The molecular weight excluding hydrogens is 692 g/mol. The summed E-state index contributed by atoms with van der Waals surface area (Å²) in [5.41, 5.74) is -3.68. The zero-order chi connectivity index (χ0) is 35.2. The fourth-order valence-corrected chi connectivity index (χ4v) is 7.57. The number of fused-ring (bicyclic) bond motifs is 1. The molecule has 1 saturated heterocycles. The Bertz CT molecular complexity index is 1890. The molecule has 49 heavy (non-hydrogen) atoms. The number of hydrogen-bond acceptors (Lipinski definition) is 11. The topological polar surface area (TPSA) is 163 Å². The smallest absolute Gasteiger partial charge is 0.459 e. The zero-order valence-corrected chi connectivity index (χ0v) is 27.9. The van der Waals surface area contributed by atoms with E-state index in [-0.39, 0.29) is 37.2 Å². The third kappa shape index (κ3) is 7.55. The molecule has 2 aliphatic rings. The van der Waals surface area contributed by atoms with Gasteiger partial charge in [0.25, 0.3) is 0 Å². The highest BCUT2D eigenvalue weighted by Crippen LogP contribution is 2.53. The molecular formula is C31H33ClF3N6O7P. The molecule has 2 fully saturated rings. The van der Waals surface area contributed by atoms with Gasteiger partial charge in [0.15, 0.2) is 12.0 Å². The summed E-state index contributed by atoms with van der Waals surface area (Å²) in [5, 5.41) is 16.4. The standard InChI is InChI=1S/C31H33ClF3N6O7P/c1-29(43)15-22(47-27(29)41-14-11-23-25(40(2)36)37-18-38-26(23)41)17-46-49(44,48-21-9-7-20(32)8-10-21)39-30(12-13-30)28(42)45-16-19-5-3-4-6-24(19)31(33,34)35/h3-11,14,18,22,27,43H,12-13,15-17,36H2,1-2H3,(H,39,44)/t22?,27?,29-,49?/m1/s1. The summed E-state index contributed by atoms with van der Waals surface area (Å²) in [6.45, 7) is 0.573. The average molecular weight is 725 g/mol. The van der Waals surface area contributed by atoms with Gasteiger partial charge in [-0.25, -0.2) is 20.4 Å². The van der Waals surface area contributed by atoms with Crippen molar-refractivity contribution in [2.45, 2.75) is 62.4 Å². The fourth-order valence-electron chi connectivity index (χ4n) is 5.68. The largest absolute Gasteiger partial charge is 0.459 e. The number of alkyl halides is 3. The van der Waals surface area contributed by atoms with Gasteiger partial charge >= 0.3 is 19.9 Å². The van der Waals surface area contributed by atoms with Crippen molar-refractivity contribution in [3.8, 4) is 5.75 Å². The first-order valence-corrected chi connectivity index (χ1v) is 17.0. The van der Waals surface area contributed by atoms with Crippen molar-refractivity contribution in [2.75, 3.05) is 18.7 Å². The lowest BCUT2D eigenvalue weighted by Gasteiger charge is -2.26. The Hall–Kier alpha value is -3.76. The second-order valence-corrected chi connectivity index (χ2v) is 14.3. The number of aromatic nitrogens is 3. The van der Waals surface area contributed by atoms with Crippen molar-refractivity contribution >= 4 is 42.2 Å². The Kier molecular flexibility index (Phi) is 9.43. The van der Waals surface area contributed by atoms with E-state index in [4.69, 9.17) is 36.0 Å². The van der Waals surface area contributed by atoms with E-state index in [2.05, 4.69) is 15.1 Å². The number of benzene rings is 2. The van der Waals surface area contributed by atoms with Gasteiger partial charge in [-0.15, -0.1) is 0 Å². The van der Waals surface area contributed by atoms with Gasteiger partial charge < -0.3 is 23.7 Å². The lowest BCUT2D eigenvalue weighted by molar-refractivity contribution is -0.150.